The molecule has 0 aromatic carbocycles. The number of hydrogen-bond donors (Lipinski definition) is 2. The maximum absolute atomic E-state index is 12.2. The minimum absolute atomic E-state index is 0.0532. The highest BCUT2D eigenvalue weighted by molar-refractivity contribution is 6.04. The maximum Gasteiger partial charge on any atom is 0.322 e. The molecule has 2 aliphatic heterocycles. The Hall–Kier alpha value is -1.63. The van der Waals surface area contributed by atoms with Gasteiger partial charge in [0.15, 0.2) is 0 Å². The van der Waals surface area contributed by atoms with Crippen LogP contribution in [0.25, 0.3) is 0 Å². The normalized spacial score (nSPS) is 24.0. The quantitative estimate of drug-likeness (QED) is 0.714. The van der Waals surface area contributed by atoms with Crippen molar-refractivity contribution < 1.29 is 14.4 Å². The summed E-state index contributed by atoms with van der Waals surface area (Å²) in [6.07, 6.45) is 0.643. The van der Waals surface area contributed by atoms with Gasteiger partial charge in [0.1, 0.15) is 6.04 Å². The van der Waals surface area contributed by atoms with Gasteiger partial charge in [-0.25, -0.2) is 4.79 Å². The monoisotopic (exact) mass is 296 g/mol. The number of piperazine rings is 1. The van der Waals surface area contributed by atoms with Crippen molar-refractivity contribution in [3.63, 3.8) is 0 Å². The summed E-state index contributed by atoms with van der Waals surface area (Å²) in [6, 6.07) is -1.05. The number of amides is 4. The summed E-state index contributed by atoms with van der Waals surface area (Å²) in [7, 11) is 0. The number of urea groups is 1. The summed E-state index contributed by atoms with van der Waals surface area (Å²) >= 11 is 0. The van der Waals surface area contributed by atoms with E-state index < -0.39 is 12.1 Å². The summed E-state index contributed by atoms with van der Waals surface area (Å²) < 4.78 is 0. The fourth-order valence-electron chi connectivity index (χ4n) is 2.71. The highest BCUT2D eigenvalue weighted by Crippen LogP contribution is 2.16. The first-order valence-corrected chi connectivity index (χ1v) is 7.41. The fraction of sp³-hybridized carbons (Fsp3) is 0.786. The second kappa shape index (κ2) is 6.01. The van der Waals surface area contributed by atoms with Crippen LogP contribution >= 0.6 is 0 Å². The van der Waals surface area contributed by atoms with Crippen LogP contribution in [0.4, 0.5) is 4.79 Å². The molecule has 2 fully saturated rings. The molecule has 7 heteroatoms. The van der Waals surface area contributed by atoms with Gasteiger partial charge in [-0.2, -0.15) is 0 Å². The first kappa shape index (κ1) is 15.8. The SMILES string of the molecule is CC(C)(C)N1CCN(C(=O)CC[C@H]2NC(=O)NC2=O)CC1. The van der Waals surface area contributed by atoms with Crippen LogP contribution in [0.1, 0.15) is 33.6 Å². The molecule has 21 heavy (non-hydrogen) atoms. The van der Waals surface area contributed by atoms with Crippen LogP contribution in [-0.4, -0.2) is 65.4 Å². The van der Waals surface area contributed by atoms with Gasteiger partial charge in [-0.05, 0) is 27.2 Å². The third-order valence-corrected chi connectivity index (χ3v) is 4.09. The molecule has 0 aliphatic carbocycles. The number of imide groups is 1. The van der Waals surface area contributed by atoms with E-state index >= 15 is 0 Å². The Bertz CT molecular complexity index is 436. The summed E-state index contributed by atoms with van der Waals surface area (Å²) in [5.41, 5.74) is 0.126. The van der Waals surface area contributed by atoms with Gasteiger partial charge in [0.25, 0.3) is 5.91 Å². The summed E-state index contributed by atoms with van der Waals surface area (Å²) in [5, 5.41) is 4.68. The molecule has 0 saturated carbocycles. The predicted octanol–water partition coefficient (Wildman–Crippen LogP) is -0.0827. The molecule has 2 rings (SSSR count). The van der Waals surface area contributed by atoms with E-state index in [-0.39, 0.29) is 23.8 Å². The molecule has 0 unspecified atom stereocenters. The topological polar surface area (TPSA) is 81.8 Å². The zero-order chi connectivity index (χ0) is 15.6. The average molecular weight is 296 g/mol. The Kier molecular flexibility index (Phi) is 4.51. The Labute approximate surface area is 125 Å². The molecule has 0 bridgehead atoms. The predicted molar refractivity (Wildman–Crippen MR) is 77.6 cm³/mol. The summed E-state index contributed by atoms with van der Waals surface area (Å²) in [5.74, 6) is -0.289. The average Bonchev–Trinajstić information content (AvgIpc) is 2.73. The van der Waals surface area contributed by atoms with Gasteiger partial charge in [0.05, 0.1) is 0 Å². The van der Waals surface area contributed by atoms with Gasteiger partial charge in [-0.3, -0.25) is 19.8 Å². The molecular formula is C14H24N4O3. The molecule has 2 heterocycles. The van der Waals surface area contributed by atoms with E-state index in [9.17, 15) is 14.4 Å². The lowest BCUT2D eigenvalue weighted by molar-refractivity contribution is -0.134. The highest BCUT2D eigenvalue weighted by atomic mass is 16.2. The van der Waals surface area contributed by atoms with Gasteiger partial charge in [0.2, 0.25) is 5.91 Å². The molecule has 2 N–H and O–H groups in total. The lowest BCUT2D eigenvalue weighted by Crippen LogP contribution is -2.54. The first-order valence-electron chi connectivity index (χ1n) is 7.41. The molecule has 2 aliphatic rings. The van der Waals surface area contributed by atoms with E-state index in [0.29, 0.717) is 6.42 Å². The Morgan fingerprint density at radius 2 is 1.81 bits per heavy atom. The van der Waals surface area contributed by atoms with Crippen molar-refractivity contribution in [1.82, 2.24) is 20.4 Å². The van der Waals surface area contributed by atoms with E-state index in [2.05, 4.69) is 36.3 Å². The summed E-state index contributed by atoms with van der Waals surface area (Å²) in [6.45, 7) is 9.70. The number of nitrogens with one attached hydrogen (secondary N) is 2. The first-order chi connectivity index (χ1) is 9.77. The largest absolute Gasteiger partial charge is 0.340 e. The van der Waals surface area contributed by atoms with Crippen molar-refractivity contribution in [2.45, 2.75) is 45.2 Å². The zero-order valence-electron chi connectivity index (χ0n) is 12.9. The van der Waals surface area contributed by atoms with Gasteiger partial charge < -0.3 is 10.2 Å². The zero-order valence-corrected chi connectivity index (χ0v) is 12.9. The minimum atomic E-state index is -0.572. The number of rotatable bonds is 3. The smallest absolute Gasteiger partial charge is 0.322 e. The third-order valence-electron chi connectivity index (χ3n) is 4.09. The number of carbonyl (C=O) groups is 3. The van der Waals surface area contributed by atoms with E-state index in [1.807, 2.05) is 4.90 Å². The van der Waals surface area contributed by atoms with E-state index in [1.54, 1.807) is 0 Å². The van der Waals surface area contributed by atoms with Crippen LogP contribution < -0.4 is 10.6 Å². The standard InChI is InChI=1S/C14H24N4O3/c1-14(2,3)18-8-6-17(7-9-18)11(19)5-4-10-12(20)16-13(21)15-10/h10H,4-9H2,1-3H3,(H2,15,16,20,21)/t10-/m1/s1. The second-order valence-corrected chi connectivity index (χ2v) is 6.59. The van der Waals surface area contributed by atoms with E-state index in [1.165, 1.54) is 0 Å². The van der Waals surface area contributed by atoms with Crippen LogP contribution in [0.15, 0.2) is 0 Å². The molecule has 118 valence electrons. The van der Waals surface area contributed by atoms with Gasteiger partial charge in [0, 0.05) is 38.1 Å². The van der Waals surface area contributed by atoms with Crippen molar-refractivity contribution in [1.29, 1.82) is 0 Å². The third kappa shape index (κ3) is 3.93. The van der Waals surface area contributed by atoms with Crippen LogP contribution in [0.3, 0.4) is 0 Å². The second-order valence-electron chi connectivity index (χ2n) is 6.59. The lowest BCUT2D eigenvalue weighted by Gasteiger charge is -2.42. The molecule has 2 saturated heterocycles. The van der Waals surface area contributed by atoms with Crippen LogP contribution in [-0.2, 0) is 9.59 Å². The Morgan fingerprint density at radius 1 is 1.19 bits per heavy atom. The number of hydrogen-bond acceptors (Lipinski definition) is 4. The van der Waals surface area contributed by atoms with E-state index in [0.717, 1.165) is 26.2 Å². The maximum atomic E-state index is 12.2. The van der Waals surface area contributed by atoms with Crippen molar-refractivity contribution in [3.8, 4) is 0 Å². The fourth-order valence-corrected chi connectivity index (χ4v) is 2.71. The van der Waals surface area contributed by atoms with Crippen LogP contribution in [0, 0.1) is 0 Å². The molecule has 1 atom stereocenters. The molecule has 0 aromatic heterocycles. The highest BCUT2D eigenvalue weighted by Gasteiger charge is 2.31. The molecule has 7 nitrogen and oxygen atoms in total. The van der Waals surface area contributed by atoms with Crippen molar-refractivity contribution in [2.24, 2.45) is 0 Å². The van der Waals surface area contributed by atoms with Gasteiger partial charge >= 0.3 is 6.03 Å². The minimum Gasteiger partial charge on any atom is -0.340 e. The van der Waals surface area contributed by atoms with Crippen molar-refractivity contribution in [3.05, 3.63) is 0 Å². The van der Waals surface area contributed by atoms with Gasteiger partial charge in [-0.1, -0.05) is 0 Å². The molecular weight excluding hydrogens is 272 g/mol. The Balaban J connectivity index is 1.75. The lowest BCUT2D eigenvalue weighted by atomic mass is 10.0. The van der Waals surface area contributed by atoms with Crippen LogP contribution in [0.5, 0.6) is 0 Å². The molecule has 4 amide bonds. The van der Waals surface area contributed by atoms with Gasteiger partial charge in [-0.15, -0.1) is 0 Å². The summed E-state index contributed by atoms with van der Waals surface area (Å²) in [4.78, 5) is 38.8. The molecule has 0 radical (unpaired) electrons. The molecule has 0 spiro atoms. The number of carbonyl (C=O) groups excluding carboxylic acids is 3. The van der Waals surface area contributed by atoms with Crippen molar-refractivity contribution >= 4 is 17.8 Å². The van der Waals surface area contributed by atoms with Crippen LogP contribution in [0.2, 0.25) is 0 Å². The van der Waals surface area contributed by atoms with Crippen molar-refractivity contribution in [2.75, 3.05) is 26.2 Å². The number of nitrogens with zero attached hydrogens (tertiary/aromatic N) is 2. The molecule has 0 aromatic rings. The van der Waals surface area contributed by atoms with E-state index in [4.69, 9.17) is 0 Å². The Morgan fingerprint density at radius 3 is 2.29 bits per heavy atom.